The van der Waals surface area contributed by atoms with E-state index in [0.717, 1.165) is 15.9 Å². The van der Waals surface area contributed by atoms with E-state index in [1.165, 1.54) is 0 Å². The zero-order valence-corrected chi connectivity index (χ0v) is 6.66. The summed E-state index contributed by atoms with van der Waals surface area (Å²) in [5.41, 5.74) is 2.01. The van der Waals surface area contributed by atoms with Gasteiger partial charge in [-0.25, -0.2) is 0 Å². The summed E-state index contributed by atoms with van der Waals surface area (Å²) >= 11 is 4.92. The molecule has 0 spiro atoms. The van der Waals surface area contributed by atoms with Gasteiger partial charge in [0.1, 0.15) is 4.64 Å². The first kappa shape index (κ1) is 7.22. The van der Waals surface area contributed by atoms with Crippen LogP contribution in [-0.2, 0) is 0 Å². The smallest absolute Gasteiger partial charge is 0.103 e. The molecule has 0 fully saturated rings. The molecular weight excluding hydrogens is 142 g/mol. The summed E-state index contributed by atoms with van der Waals surface area (Å²) in [7, 11) is 0. The maximum atomic E-state index is 4.92. The van der Waals surface area contributed by atoms with Crippen LogP contribution in [0.25, 0.3) is 5.57 Å². The van der Waals surface area contributed by atoms with Crippen molar-refractivity contribution in [3.05, 3.63) is 35.1 Å². The lowest BCUT2D eigenvalue weighted by molar-refractivity contribution is 1.25. The van der Waals surface area contributed by atoms with Gasteiger partial charge in [0, 0.05) is 5.69 Å². The predicted octanol–water partition coefficient (Wildman–Crippen LogP) is 2.78. The van der Waals surface area contributed by atoms with Crippen LogP contribution in [0.5, 0.6) is 0 Å². The lowest BCUT2D eigenvalue weighted by Crippen LogP contribution is -1.82. The number of aromatic nitrogens is 1. The number of hydrogen-bond donors (Lipinski definition) is 1. The van der Waals surface area contributed by atoms with Crippen LogP contribution in [0.15, 0.2) is 24.8 Å². The van der Waals surface area contributed by atoms with Crippen LogP contribution in [-0.4, -0.2) is 4.98 Å². The van der Waals surface area contributed by atoms with E-state index in [9.17, 15) is 0 Å². The molecule has 1 heterocycles. The third-order valence-corrected chi connectivity index (χ3v) is 1.47. The number of allylic oxidation sites excluding steroid dienone is 1. The number of hydrogen-bond acceptors (Lipinski definition) is 1. The van der Waals surface area contributed by atoms with Crippen LogP contribution in [0.1, 0.15) is 12.6 Å². The van der Waals surface area contributed by atoms with E-state index in [-0.39, 0.29) is 0 Å². The van der Waals surface area contributed by atoms with Crippen LogP contribution < -0.4 is 0 Å². The molecule has 0 radical (unpaired) electrons. The Morgan fingerprint density at radius 2 is 2.30 bits per heavy atom. The largest absolute Gasteiger partial charge is 0.346 e. The molecule has 0 amide bonds. The molecule has 1 rings (SSSR count). The minimum absolute atomic E-state index is 0.750. The Morgan fingerprint density at radius 1 is 1.60 bits per heavy atom. The number of H-pyrrole nitrogens is 1. The van der Waals surface area contributed by atoms with Crippen molar-refractivity contribution in [2.24, 2.45) is 0 Å². The second-order valence-corrected chi connectivity index (χ2v) is 2.65. The second-order valence-electron chi connectivity index (χ2n) is 2.21. The van der Waals surface area contributed by atoms with Crippen molar-refractivity contribution in [2.45, 2.75) is 6.92 Å². The molecule has 2 heteroatoms. The highest BCUT2D eigenvalue weighted by Crippen LogP contribution is 2.05. The molecule has 0 bridgehead atoms. The van der Waals surface area contributed by atoms with Gasteiger partial charge in [-0.15, -0.1) is 0 Å². The fraction of sp³-hybridized carbons (Fsp3) is 0.125. The molecule has 1 nitrogen and oxygen atoms in total. The number of aromatic amines is 1. The molecule has 0 saturated heterocycles. The Hall–Kier alpha value is -0.890. The Balaban J connectivity index is 3.20. The van der Waals surface area contributed by atoms with Crippen molar-refractivity contribution in [3.8, 4) is 0 Å². The maximum absolute atomic E-state index is 4.92. The highest BCUT2D eigenvalue weighted by Gasteiger charge is 1.88. The van der Waals surface area contributed by atoms with Gasteiger partial charge in [-0.05, 0) is 24.6 Å². The highest BCUT2D eigenvalue weighted by molar-refractivity contribution is 7.71. The van der Waals surface area contributed by atoms with Gasteiger partial charge < -0.3 is 4.98 Å². The molecule has 0 aliphatic carbocycles. The van der Waals surface area contributed by atoms with Crippen LogP contribution in [0, 0.1) is 4.64 Å². The summed E-state index contributed by atoms with van der Waals surface area (Å²) in [6, 6.07) is 5.72. The van der Waals surface area contributed by atoms with Gasteiger partial charge in [0.2, 0.25) is 0 Å². The first-order valence-corrected chi connectivity index (χ1v) is 3.46. The quantitative estimate of drug-likeness (QED) is 0.610. The van der Waals surface area contributed by atoms with Crippen LogP contribution >= 0.6 is 12.2 Å². The predicted molar refractivity (Wildman–Crippen MR) is 46.3 cm³/mol. The van der Waals surface area contributed by atoms with Gasteiger partial charge in [-0.1, -0.05) is 24.9 Å². The third-order valence-electron chi connectivity index (χ3n) is 1.23. The standard InChI is InChI=1S/C8H9NS/c1-6(2)7-4-3-5-8(10)9-7/h3-5H,1H2,2H3,(H,9,10). The fourth-order valence-electron chi connectivity index (χ4n) is 0.697. The Kier molecular flexibility index (Phi) is 2.02. The summed E-state index contributed by atoms with van der Waals surface area (Å²) < 4.78 is 0.750. The van der Waals surface area contributed by atoms with Crippen molar-refractivity contribution >= 4 is 17.8 Å². The van der Waals surface area contributed by atoms with E-state index in [1.54, 1.807) is 0 Å². The molecule has 1 aromatic rings. The molecule has 1 N–H and O–H groups in total. The highest BCUT2D eigenvalue weighted by atomic mass is 32.1. The molecule has 0 saturated carbocycles. The van der Waals surface area contributed by atoms with Crippen molar-refractivity contribution in [2.75, 3.05) is 0 Å². The number of rotatable bonds is 1. The average molecular weight is 151 g/mol. The van der Waals surface area contributed by atoms with E-state index in [0.29, 0.717) is 0 Å². The molecule has 0 atom stereocenters. The van der Waals surface area contributed by atoms with E-state index in [1.807, 2.05) is 25.1 Å². The van der Waals surface area contributed by atoms with Crippen molar-refractivity contribution < 1.29 is 0 Å². The molecule has 0 aliphatic heterocycles. The monoisotopic (exact) mass is 151 g/mol. The molecule has 0 aromatic carbocycles. The van der Waals surface area contributed by atoms with E-state index in [4.69, 9.17) is 12.2 Å². The van der Waals surface area contributed by atoms with Crippen molar-refractivity contribution in [1.29, 1.82) is 0 Å². The lowest BCUT2D eigenvalue weighted by Gasteiger charge is -1.96. The summed E-state index contributed by atoms with van der Waals surface area (Å²) in [6.45, 7) is 5.73. The van der Waals surface area contributed by atoms with Gasteiger partial charge in [-0.3, -0.25) is 0 Å². The van der Waals surface area contributed by atoms with Crippen molar-refractivity contribution in [1.82, 2.24) is 4.98 Å². The van der Waals surface area contributed by atoms with E-state index >= 15 is 0 Å². The van der Waals surface area contributed by atoms with Gasteiger partial charge >= 0.3 is 0 Å². The Bertz CT molecular complexity index is 298. The summed E-state index contributed by atoms with van der Waals surface area (Å²) in [4.78, 5) is 3.02. The zero-order chi connectivity index (χ0) is 7.56. The fourth-order valence-corrected chi connectivity index (χ4v) is 0.885. The van der Waals surface area contributed by atoms with Crippen LogP contribution in [0.4, 0.5) is 0 Å². The molecular formula is C8H9NS. The lowest BCUT2D eigenvalue weighted by atomic mass is 10.2. The van der Waals surface area contributed by atoms with Crippen molar-refractivity contribution in [3.63, 3.8) is 0 Å². The van der Waals surface area contributed by atoms with E-state index < -0.39 is 0 Å². The Labute approximate surface area is 65.4 Å². The number of nitrogens with one attached hydrogen (secondary N) is 1. The average Bonchev–Trinajstić information content (AvgIpc) is 1.88. The Morgan fingerprint density at radius 3 is 2.70 bits per heavy atom. The number of pyridine rings is 1. The van der Waals surface area contributed by atoms with Crippen LogP contribution in [0.3, 0.4) is 0 Å². The summed E-state index contributed by atoms with van der Waals surface area (Å²) in [5, 5.41) is 0. The minimum atomic E-state index is 0.750. The zero-order valence-electron chi connectivity index (χ0n) is 5.85. The van der Waals surface area contributed by atoms with Gasteiger partial charge in [0.15, 0.2) is 0 Å². The first-order chi connectivity index (χ1) is 4.70. The van der Waals surface area contributed by atoms with Gasteiger partial charge in [0.05, 0.1) is 0 Å². The second kappa shape index (κ2) is 2.80. The van der Waals surface area contributed by atoms with E-state index in [2.05, 4.69) is 11.6 Å². The molecule has 0 unspecified atom stereocenters. The normalized spacial score (nSPS) is 9.30. The molecule has 0 aliphatic rings. The molecule has 10 heavy (non-hydrogen) atoms. The molecule has 52 valence electrons. The van der Waals surface area contributed by atoms with Gasteiger partial charge in [0.25, 0.3) is 0 Å². The maximum Gasteiger partial charge on any atom is 0.103 e. The summed E-state index contributed by atoms with van der Waals surface area (Å²) in [6.07, 6.45) is 0. The third kappa shape index (κ3) is 1.54. The van der Waals surface area contributed by atoms with Crippen LogP contribution in [0.2, 0.25) is 0 Å². The topological polar surface area (TPSA) is 15.8 Å². The van der Waals surface area contributed by atoms with Gasteiger partial charge in [-0.2, -0.15) is 0 Å². The SMILES string of the molecule is C=C(C)c1cccc(=S)[nH]1. The molecule has 1 aromatic heterocycles. The summed E-state index contributed by atoms with van der Waals surface area (Å²) in [5.74, 6) is 0. The first-order valence-electron chi connectivity index (χ1n) is 3.05. The minimum Gasteiger partial charge on any atom is -0.346 e.